The lowest BCUT2D eigenvalue weighted by atomic mass is 10.0. The molecule has 4 rings (SSSR count). The largest absolute Gasteiger partial charge is 0.355 e. The molecular weight excluding hydrogens is 408 g/mol. The Morgan fingerprint density at radius 1 is 1.31 bits per heavy atom. The van der Waals surface area contributed by atoms with Gasteiger partial charge in [-0.2, -0.15) is 5.26 Å². The molecule has 3 aliphatic rings. The fourth-order valence-corrected chi connectivity index (χ4v) is 5.33. The molecule has 32 heavy (non-hydrogen) atoms. The Hall–Kier alpha value is -2.96. The minimum atomic E-state index is -0.737. The topological polar surface area (TPSA) is 123 Å². The van der Waals surface area contributed by atoms with Gasteiger partial charge in [0.05, 0.1) is 24.2 Å². The molecule has 5 atom stereocenters. The Morgan fingerprint density at radius 3 is 2.66 bits per heavy atom. The molecular formula is C23H30N6O3. The maximum atomic E-state index is 13.2. The van der Waals surface area contributed by atoms with E-state index in [1.54, 1.807) is 24.1 Å². The number of benzene rings is 1. The first-order chi connectivity index (χ1) is 15.3. The van der Waals surface area contributed by atoms with Crippen LogP contribution in [0.5, 0.6) is 0 Å². The van der Waals surface area contributed by atoms with E-state index < -0.39 is 12.1 Å². The van der Waals surface area contributed by atoms with Crippen LogP contribution in [0.1, 0.15) is 48.1 Å². The highest BCUT2D eigenvalue weighted by atomic mass is 16.2. The minimum absolute atomic E-state index is 0.0554. The molecule has 0 spiro atoms. The molecule has 2 bridgehead atoms. The quantitative estimate of drug-likeness (QED) is 0.656. The summed E-state index contributed by atoms with van der Waals surface area (Å²) in [5, 5.41) is 11.8. The number of carbonyl (C=O) groups is 3. The average Bonchev–Trinajstić information content (AvgIpc) is 3.52. The maximum absolute atomic E-state index is 13.2. The van der Waals surface area contributed by atoms with Crippen LogP contribution in [0.3, 0.4) is 0 Å². The summed E-state index contributed by atoms with van der Waals surface area (Å²) in [6, 6.07) is 8.08. The predicted molar refractivity (Wildman–Crippen MR) is 117 cm³/mol. The first kappa shape index (κ1) is 22.2. The summed E-state index contributed by atoms with van der Waals surface area (Å²) in [7, 11) is 1.59. The number of nitrogens with zero attached hydrogens (tertiary/aromatic N) is 4. The third-order valence-electron chi connectivity index (χ3n) is 7.05. The fraction of sp³-hybridized carbons (Fsp3) is 0.565. The van der Waals surface area contributed by atoms with Gasteiger partial charge in [-0.1, -0.05) is 12.1 Å². The first-order valence-electron chi connectivity index (χ1n) is 11.2. The average molecular weight is 439 g/mol. The Kier molecular flexibility index (Phi) is 6.17. The minimum Gasteiger partial charge on any atom is -0.355 e. The van der Waals surface area contributed by atoms with E-state index >= 15 is 0 Å². The fourth-order valence-electron chi connectivity index (χ4n) is 5.33. The molecule has 3 heterocycles. The molecule has 1 aromatic rings. The molecule has 9 heteroatoms. The van der Waals surface area contributed by atoms with Crippen molar-refractivity contribution < 1.29 is 14.4 Å². The number of likely N-dealkylation sites (tertiary alicyclic amines) is 3. The van der Waals surface area contributed by atoms with E-state index in [0.717, 1.165) is 18.4 Å². The van der Waals surface area contributed by atoms with Gasteiger partial charge in [-0.05, 0) is 43.9 Å². The lowest BCUT2D eigenvalue weighted by Gasteiger charge is -2.38. The number of rotatable bonds is 6. The normalized spacial score (nSPS) is 26.8. The van der Waals surface area contributed by atoms with Crippen molar-refractivity contribution in [2.75, 3.05) is 26.7 Å². The van der Waals surface area contributed by atoms with Crippen molar-refractivity contribution >= 4 is 17.7 Å². The van der Waals surface area contributed by atoms with E-state index in [-0.39, 0.29) is 35.8 Å². The van der Waals surface area contributed by atoms with Crippen molar-refractivity contribution in [2.45, 2.75) is 56.4 Å². The summed E-state index contributed by atoms with van der Waals surface area (Å²) in [4.78, 5) is 43.2. The second kappa shape index (κ2) is 8.88. The molecule has 3 unspecified atom stereocenters. The molecule has 3 aliphatic heterocycles. The molecule has 0 saturated carbocycles. The Bertz CT molecular complexity index is 942. The molecule has 9 nitrogen and oxygen atoms in total. The van der Waals surface area contributed by atoms with E-state index in [4.69, 9.17) is 5.73 Å². The van der Waals surface area contributed by atoms with Crippen LogP contribution < -0.4 is 11.1 Å². The summed E-state index contributed by atoms with van der Waals surface area (Å²) in [6.07, 6.45) is 2.24. The third-order valence-corrected chi connectivity index (χ3v) is 7.05. The highest BCUT2D eigenvalue weighted by Gasteiger charge is 2.51. The maximum Gasteiger partial charge on any atom is 0.251 e. The van der Waals surface area contributed by atoms with Crippen LogP contribution in [-0.2, 0) is 9.59 Å². The monoisotopic (exact) mass is 438 g/mol. The van der Waals surface area contributed by atoms with Gasteiger partial charge in [0, 0.05) is 38.3 Å². The van der Waals surface area contributed by atoms with E-state index in [1.807, 2.05) is 28.9 Å². The molecule has 0 aromatic heterocycles. The van der Waals surface area contributed by atoms with E-state index in [0.29, 0.717) is 31.6 Å². The van der Waals surface area contributed by atoms with Gasteiger partial charge >= 0.3 is 0 Å². The SMILES string of the molecule is CNC(=O)c1ccc([C@H](C)N2C(=O)[C@@H]3CC2CN3CC(N)C(=O)N2CCCC2C#N)cc1. The zero-order valence-corrected chi connectivity index (χ0v) is 18.5. The number of hydrogen-bond acceptors (Lipinski definition) is 6. The number of piperazine rings is 1. The van der Waals surface area contributed by atoms with Crippen molar-refractivity contribution in [3.05, 3.63) is 35.4 Å². The van der Waals surface area contributed by atoms with Gasteiger partial charge in [0.1, 0.15) is 6.04 Å². The molecule has 1 aromatic carbocycles. The van der Waals surface area contributed by atoms with Crippen LogP contribution >= 0.6 is 0 Å². The van der Waals surface area contributed by atoms with Gasteiger partial charge in [-0.25, -0.2) is 0 Å². The molecule has 3 fully saturated rings. The zero-order chi connectivity index (χ0) is 23.0. The van der Waals surface area contributed by atoms with Gasteiger partial charge in [0.2, 0.25) is 11.8 Å². The smallest absolute Gasteiger partial charge is 0.251 e. The predicted octanol–water partition coefficient (Wildman–Crippen LogP) is 0.234. The number of fused-ring (bicyclic) bond motifs is 2. The van der Waals surface area contributed by atoms with Crippen molar-refractivity contribution in [2.24, 2.45) is 5.73 Å². The van der Waals surface area contributed by atoms with Gasteiger partial charge in [0.25, 0.3) is 5.91 Å². The summed E-state index contributed by atoms with van der Waals surface area (Å²) >= 11 is 0. The first-order valence-corrected chi connectivity index (χ1v) is 11.2. The Labute approximate surface area is 188 Å². The van der Waals surface area contributed by atoms with Crippen molar-refractivity contribution in [1.29, 1.82) is 5.26 Å². The standard InChI is InChI=1S/C23H30N6O3/c1-14(15-5-7-16(8-6-15)21(30)26-2)29-18-10-20(23(29)32)27(12-18)13-19(25)22(31)28-9-3-4-17(28)11-24/h5-8,14,17-20H,3-4,9-10,12-13,25H2,1-2H3,(H,26,30)/t14-,17?,18?,19?,20-/m0/s1. The number of amides is 3. The summed E-state index contributed by atoms with van der Waals surface area (Å²) in [5.74, 6) is -0.289. The number of nitriles is 1. The van der Waals surface area contributed by atoms with Crippen LogP contribution in [0.25, 0.3) is 0 Å². The van der Waals surface area contributed by atoms with Crippen LogP contribution in [0.15, 0.2) is 24.3 Å². The second-order valence-electron chi connectivity index (χ2n) is 8.91. The van der Waals surface area contributed by atoms with Crippen molar-refractivity contribution in [3.63, 3.8) is 0 Å². The number of nitrogens with one attached hydrogen (secondary N) is 1. The molecule has 3 saturated heterocycles. The molecule has 170 valence electrons. The van der Waals surface area contributed by atoms with Gasteiger partial charge in [-0.3, -0.25) is 19.3 Å². The van der Waals surface area contributed by atoms with Crippen LogP contribution in [0.2, 0.25) is 0 Å². The highest BCUT2D eigenvalue weighted by molar-refractivity contribution is 5.94. The lowest BCUT2D eigenvalue weighted by molar-refractivity contribution is -0.140. The van der Waals surface area contributed by atoms with Crippen LogP contribution in [0.4, 0.5) is 0 Å². The number of nitrogens with two attached hydrogens (primary N) is 1. The molecule has 3 N–H and O–H groups in total. The number of hydrogen-bond donors (Lipinski definition) is 2. The van der Waals surface area contributed by atoms with Crippen LogP contribution in [0, 0.1) is 11.3 Å². The Balaban J connectivity index is 1.38. The zero-order valence-electron chi connectivity index (χ0n) is 18.5. The third kappa shape index (κ3) is 3.85. The van der Waals surface area contributed by atoms with Gasteiger partial charge in [0.15, 0.2) is 0 Å². The Morgan fingerprint density at radius 2 is 2.03 bits per heavy atom. The van der Waals surface area contributed by atoms with Gasteiger partial charge < -0.3 is 20.9 Å². The van der Waals surface area contributed by atoms with E-state index in [2.05, 4.69) is 11.4 Å². The van der Waals surface area contributed by atoms with Crippen molar-refractivity contribution in [3.8, 4) is 6.07 Å². The highest BCUT2D eigenvalue weighted by Crippen LogP contribution is 2.38. The molecule has 3 amide bonds. The van der Waals surface area contributed by atoms with Gasteiger partial charge in [-0.15, -0.1) is 0 Å². The lowest BCUT2D eigenvalue weighted by Crippen LogP contribution is -2.56. The number of carbonyl (C=O) groups excluding carboxylic acids is 3. The summed E-state index contributed by atoms with van der Waals surface area (Å²) in [6.45, 7) is 3.57. The van der Waals surface area contributed by atoms with E-state index in [9.17, 15) is 19.6 Å². The van der Waals surface area contributed by atoms with Crippen molar-refractivity contribution in [1.82, 2.24) is 20.0 Å². The van der Waals surface area contributed by atoms with E-state index in [1.165, 1.54) is 0 Å². The summed E-state index contributed by atoms with van der Waals surface area (Å²) < 4.78 is 0. The second-order valence-corrected chi connectivity index (χ2v) is 8.91. The molecule has 0 aliphatic carbocycles. The molecule has 0 radical (unpaired) electrons. The van der Waals surface area contributed by atoms with Crippen LogP contribution in [-0.4, -0.2) is 83.3 Å². The summed E-state index contributed by atoms with van der Waals surface area (Å²) in [5.41, 5.74) is 7.77.